The van der Waals surface area contributed by atoms with Crippen molar-refractivity contribution in [2.24, 2.45) is 5.73 Å². The van der Waals surface area contributed by atoms with Crippen molar-refractivity contribution in [3.63, 3.8) is 0 Å². The molecule has 3 N–H and O–H groups in total. The number of thioether (sulfide) groups is 1. The number of hydrogen-bond acceptors (Lipinski definition) is 4. The third-order valence-corrected chi connectivity index (χ3v) is 4.85. The van der Waals surface area contributed by atoms with E-state index in [1.807, 2.05) is 12.3 Å². The molecule has 1 atom stereocenters. The summed E-state index contributed by atoms with van der Waals surface area (Å²) < 4.78 is 0. The van der Waals surface area contributed by atoms with Crippen LogP contribution in [0.25, 0.3) is 0 Å². The van der Waals surface area contributed by atoms with Crippen LogP contribution in [-0.2, 0) is 0 Å². The Kier molecular flexibility index (Phi) is 5.69. The van der Waals surface area contributed by atoms with Gasteiger partial charge in [-0.15, -0.1) is 11.8 Å². The Hall–Kier alpha value is -0.780. The van der Waals surface area contributed by atoms with E-state index in [9.17, 15) is 5.11 Å². The van der Waals surface area contributed by atoms with E-state index >= 15 is 0 Å². The topological polar surface area (TPSA) is 49.5 Å². The number of nitrogens with two attached hydrogens (primary N) is 1. The first-order valence-corrected chi connectivity index (χ1v) is 8.66. The maximum absolute atomic E-state index is 9.69. The minimum absolute atomic E-state index is 0.169. The van der Waals surface area contributed by atoms with E-state index in [0.29, 0.717) is 4.99 Å². The third-order valence-electron chi connectivity index (χ3n) is 3.87. The Bertz CT molecular complexity index is 479. The summed E-state index contributed by atoms with van der Waals surface area (Å²) >= 11 is 6.92. The molecule has 2 rings (SSSR count). The van der Waals surface area contributed by atoms with Crippen LogP contribution in [0.2, 0.25) is 0 Å². The highest BCUT2D eigenvalue weighted by molar-refractivity contribution is 7.98. The molecule has 0 amide bonds. The number of hydrogen-bond donors (Lipinski definition) is 2. The van der Waals surface area contributed by atoms with Gasteiger partial charge in [0.25, 0.3) is 0 Å². The maximum Gasteiger partial charge on any atom is 0.107 e. The average Bonchev–Trinajstić information content (AvgIpc) is 2.71. The SMILES string of the molecule is CSc1cccc(N2CCCCCC2CO)c1C(N)=S. The van der Waals surface area contributed by atoms with Gasteiger partial charge in [-0.2, -0.15) is 0 Å². The number of aliphatic hydroxyl groups excluding tert-OH is 1. The van der Waals surface area contributed by atoms with Gasteiger partial charge in [0.15, 0.2) is 0 Å². The molecule has 1 aliphatic rings. The van der Waals surface area contributed by atoms with Gasteiger partial charge in [-0.1, -0.05) is 31.1 Å². The van der Waals surface area contributed by atoms with Crippen molar-refractivity contribution in [1.82, 2.24) is 0 Å². The summed E-state index contributed by atoms with van der Waals surface area (Å²) in [6.45, 7) is 1.14. The summed E-state index contributed by atoms with van der Waals surface area (Å²) in [6.07, 6.45) is 6.60. The zero-order valence-electron chi connectivity index (χ0n) is 11.8. The summed E-state index contributed by atoms with van der Waals surface area (Å²) in [6, 6.07) is 6.33. The molecule has 1 saturated heterocycles. The molecule has 0 radical (unpaired) electrons. The molecule has 1 aromatic rings. The van der Waals surface area contributed by atoms with Crippen LogP contribution in [0.5, 0.6) is 0 Å². The van der Waals surface area contributed by atoms with Crippen molar-refractivity contribution in [3.8, 4) is 0 Å². The highest BCUT2D eigenvalue weighted by atomic mass is 32.2. The molecule has 20 heavy (non-hydrogen) atoms. The van der Waals surface area contributed by atoms with E-state index < -0.39 is 0 Å². The summed E-state index contributed by atoms with van der Waals surface area (Å²) in [5.41, 5.74) is 7.98. The van der Waals surface area contributed by atoms with Gasteiger partial charge in [0.05, 0.1) is 12.6 Å². The van der Waals surface area contributed by atoms with Crippen molar-refractivity contribution in [1.29, 1.82) is 0 Å². The number of nitrogens with zero attached hydrogens (tertiary/aromatic N) is 1. The van der Waals surface area contributed by atoms with E-state index in [2.05, 4.69) is 17.0 Å². The fourth-order valence-electron chi connectivity index (χ4n) is 2.86. The van der Waals surface area contributed by atoms with Crippen LogP contribution >= 0.6 is 24.0 Å². The van der Waals surface area contributed by atoms with Crippen LogP contribution < -0.4 is 10.6 Å². The number of aliphatic hydroxyl groups is 1. The Balaban J connectivity index is 2.46. The van der Waals surface area contributed by atoms with Crippen LogP contribution in [0.15, 0.2) is 23.1 Å². The lowest BCUT2D eigenvalue weighted by Crippen LogP contribution is -2.38. The van der Waals surface area contributed by atoms with E-state index in [1.54, 1.807) is 11.8 Å². The third kappa shape index (κ3) is 3.27. The first kappa shape index (κ1) is 15.6. The summed E-state index contributed by atoms with van der Waals surface area (Å²) in [4.78, 5) is 3.84. The number of anilines is 1. The second-order valence-corrected chi connectivity index (χ2v) is 6.39. The van der Waals surface area contributed by atoms with E-state index in [4.69, 9.17) is 18.0 Å². The maximum atomic E-state index is 9.69. The Labute approximate surface area is 130 Å². The summed E-state index contributed by atoms with van der Waals surface area (Å²) in [5.74, 6) is 0. The van der Waals surface area contributed by atoms with E-state index in [0.717, 1.165) is 35.5 Å². The zero-order chi connectivity index (χ0) is 14.5. The fraction of sp³-hybridized carbons (Fsp3) is 0.533. The molecule has 1 aromatic carbocycles. The quantitative estimate of drug-likeness (QED) is 0.661. The average molecular weight is 310 g/mol. The predicted octanol–water partition coefficient (Wildman–Crippen LogP) is 2.78. The second-order valence-electron chi connectivity index (χ2n) is 5.10. The molecule has 0 aromatic heterocycles. The Morgan fingerprint density at radius 3 is 2.90 bits per heavy atom. The van der Waals surface area contributed by atoms with Crippen molar-refractivity contribution in [2.75, 3.05) is 24.3 Å². The van der Waals surface area contributed by atoms with Crippen LogP contribution in [0.1, 0.15) is 31.2 Å². The standard InChI is InChI=1S/C15H22N2OS2/c1-20-13-8-5-7-12(14(13)15(16)19)17-9-4-2-3-6-11(17)10-18/h5,7-8,11,18H,2-4,6,9-10H2,1H3,(H2,16,19). The molecule has 110 valence electrons. The van der Waals surface area contributed by atoms with Gasteiger partial charge in [0.1, 0.15) is 4.99 Å². The lowest BCUT2D eigenvalue weighted by molar-refractivity contribution is 0.255. The minimum Gasteiger partial charge on any atom is -0.394 e. The normalized spacial score (nSPS) is 19.7. The van der Waals surface area contributed by atoms with Gasteiger partial charge in [-0.05, 0) is 31.2 Å². The smallest absolute Gasteiger partial charge is 0.107 e. The molecular formula is C15H22N2OS2. The summed E-state index contributed by atoms with van der Waals surface area (Å²) in [7, 11) is 0. The van der Waals surface area contributed by atoms with E-state index in [1.165, 1.54) is 12.8 Å². The minimum atomic E-state index is 0.169. The molecule has 5 heteroatoms. The van der Waals surface area contributed by atoms with Crippen LogP contribution in [0.4, 0.5) is 5.69 Å². The molecule has 0 saturated carbocycles. The highest BCUT2D eigenvalue weighted by Crippen LogP contribution is 2.33. The summed E-state index contributed by atoms with van der Waals surface area (Å²) in [5, 5.41) is 9.69. The lowest BCUT2D eigenvalue weighted by Gasteiger charge is -2.33. The molecule has 1 unspecified atom stereocenters. The van der Waals surface area contributed by atoms with Gasteiger partial charge in [0, 0.05) is 22.7 Å². The van der Waals surface area contributed by atoms with Crippen molar-refractivity contribution in [3.05, 3.63) is 23.8 Å². The molecule has 1 fully saturated rings. The molecule has 0 spiro atoms. The molecule has 3 nitrogen and oxygen atoms in total. The van der Waals surface area contributed by atoms with Gasteiger partial charge in [0.2, 0.25) is 0 Å². The monoisotopic (exact) mass is 310 g/mol. The van der Waals surface area contributed by atoms with E-state index in [-0.39, 0.29) is 12.6 Å². The van der Waals surface area contributed by atoms with Gasteiger partial charge < -0.3 is 15.7 Å². The number of benzene rings is 1. The molecule has 0 bridgehead atoms. The first-order valence-electron chi connectivity index (χ1n) is 7.03. The largest absolute Gasteiger partial charge is 0.394 e. The van der Waals surface area contributed by atoms with Crippen LogP contribution in [0, 0.1) is 0 Å². The molecule has 1 aliphatic heterocycles. The Morgan fingerprint density at radius 2 is 2.25 bits per heavy atom. The number of thiocarbonyl (C=S) groups is 1. The fourth-order valence-corrected chi connectivity index (χ4v) is 3.77. The van der Waals surface area contributed by atoms with Crippen molar-refractivity contribution >= 4 is 34.7 Å². The molecule has 0 aliphatic carbocycles. The van der Waals surface area contributed by atoms with Gasteiger partial charge in [-0.3, -0.25) is 0 Å². The Morgan fingerprint density at radius 1 is 1.45 bits per heavy atom. The number of rotatable bonds is 4. The second kappa shape index (κ2) is 7.29. The molecular weight excluding hydrogens is 288 g/mol. The zero-order valence-corrected chi connectivity index (χ0v) is 13.5. The van der Waals surface area contributed by atoms with Crippen LogP contribution in [0.3, 0.4) is 0 Å². The van der Waals surface area contributed by atoms with Gasteiger partial charge in [-0.25, -0.2) is 0 Å². The predicted molar refractivity (Wildman–Crippen MR) is 90.8 cm³/mol. The highest BCUT2D eigenvalue weighted by Gasteiger charge is 2.24. The lowest BCUT2D eigenvalue weighted by atomic mass is 10.1. The van der Waals surface area contributed by atoms with Crippen molar-refractivity contribution < 1.29 is 5.11 Å². The molecule has 1 heterocycles. The van der Waals surface area contributed by atoms with Crippen LogP contribution in [-0.4, -0.2) is 35.5 Å². The van der Waals surface area contributed by atoms with Crippen molar-refractivity contribution in [2.45, 2.75) is 36.6 Å². The first-order chi connectivity index (χ1) is 9.69. The van der Waals surface area contributed by atoms with Gasteiger partial charge >= 0.3 is 0 Å².